The second-order valence-electron chi connectivity index (χ2n) is 4.90. The summed E-state index contributed by atoms with van der Waals surface area (Å²) < 4.78 is 5.29. The van der Waals surface area contributed by atoms with E-state index in [-0.39, 0.29) is 11.0 Å². The summed E-state index contributed by atoms with van der Waals surface area (Å²) in [5.41, 5.74) is 5.19. The van der Waals surface area contributed by atoms with Crippen molar-refractivity contribution in [2.24, 2.45) is 11.1 Å². The summed E-state index contributed by atoms with van der Waals surface area (Å²) in [5.74, 6) is 0. The third-order valence-electron chi connectivity index (χ3n) is 3.32. The topological polar surface area (TPSA) is 55.5 Å². The third-order valence-corrected chi connectivity index (χ3v) is 3.32. The summed E-state index contributed by atoms with van der Waals surface area (Å²) in [6.45, 7) is 8.52. The SMILES string of the molecule is CCC(C)(CN)C(O)CC(C)(C)OC. The van der Waals surface area contributed by atoms with Crippen LogP contribution in [0.3, 0.4) is 0 Å². The van der Waals surface area contributed by atoms with Crippen LogP contribution in [0.2, 0.25) is 0 Å². The van der Waals surface area contributed by atoms with Crippen molar-refractivity contribution in [3.05, 3.63) is 0 Å². The fraction of sp³-hybridized carbons (Fsp3) is 1.00. The van der Waals surface area contributed by atoms with E-state index in [1.165, 1.54) is 0 Å². The first-order chi connectivity index (χ1) is 6.31. The summed E-state index contributed by atoms with van der Waals surface area (Å²) in [6, 6.07) is 0. The van der Waals surface area contributed by atoms with E-state index in [1.54, 1.807) is 7.11 Å². The van der Waals surface area contributed by atoms with Crippen molar-refractivity contribution in [1.29, 1.82) is 0 Å². The average Bonchev–Trinajstić information content (AvgIpc) is 2.16. The van der Waals surface area contributed by atoms with Gasteiger partial charge in [0.2, 0.25) is 0 Å². The Balaban J connectivity index is 4.39. The molecule has 2 unspecified atom stereocenters. The minimum Gasteiger partial charge on any atom is -0.392 e. The lowest BCUT2D eigenvalue weighted by Crippen LogP contribution is -2.43. The first kappa shape index (κ1) is 13.9. The van der Waals surface area contributed by atoms with Crippen molar-refractivity contribution in [3.63, 3.8) is 0 Å². The number of methoxy groups -OCH3 is 1. The molecule has 86 valence electrons. The molecule has 14 heavy (non-hydrogen) atoms. The summed E-state index contributed by atoms with van der Waals surface area (Å²) >= 11 is 0. The maximum atomic E-state index is 10.1. The predicted molar refractivity (Wildman–Crippen MR) is 59.2 cm³/mol. The highest BCUT2D eigenvalue weighted by Crippen LogP contribution is 2.30. The van der Waals surface area contributed by atoms with Crippen molar-refractivity contribution in [3.8, 4) is 0 Å². The molecule has 0 aromatic carbocycles. The molecule has 0 aliphatic rings. The monoisotopic (exact) mass is 203 g/mol. The van der Waals surface area contributed by atoms with Gasteiger partial charge in [0, 0.05) is 25.5 Å². The van der Waals surface area contributed by atoms with E-state index in [1.807, 2.05) is 20.8 Å². The van der Waals surface area contributed by atoms with Gasteiger partial charge in [0.25, 0.3) is 0 Å². The van der Waals surface area contributed by atoms with Gasteiger partial charge < -0.3 is 15.6 Å². The molecule has 0 aliphatic carbocycles. The maximum absolute atomic E-state index is 10.1. The van der Waals surface area contributed by atoms with Crippen molar-refractivity contribution < 1.29 is 9.84 Å². The number of nitrogens with two attached hydrogens (primary N) is 1. The van der Waals surface area contributed by atoms with Crippen molar-refractivity contribution >= 4 is 0 Å². The lowest BCUT2D eigenvalue weighted by atomic mass is 9.77. The smallest absolute Gasteiger partial charge is 0.0647 e. The van der Waals surface area contributed by atoms with E-state index in [0.29, 0.717) is 13.0 Å². The van der Waals surface area contributed by atoms with Crippen LogP contribution in [0.5, 0.6) is 0 Å². The predicted octanol–water partition coefficient (Wildman–Crippen LogP) is 1.54. The molecule has 0 spiro atoms. The number of ether oxygens (including phenoxy) is 1. The molecule has 3 nitrogen and oxygen atoms in total. The summed E-state index contributed by atoms with van der Waals surface area (Å²) in [5, 5.41) is 10.1. The lowest BCUT2D eigenvalue weighted by Gasteiger charge is -2.36. The zero-order valence-corrected chi connectivity index (χ0v) is 10.1. The van der Waals surface area contributed by atoms with Gasteiger partial charge in [0.05, 0.1) is 11.7 Å². The van der Waals surface area contributed by atoms with Gasteiger partial charge in [-0.15, -0.1) is 0 Å². The molecular formula is C11H25NO2. The zero-order chi connectivity index (χ0) is 11.4. The van der Waals surface area contributed by atoms with E-state index in [9.17, 15) is 5.11 Å². The first-order valence-electron chi connectivity index (χ1n) is 5.24. The highest BCUT2D eigenvalue weighted by Gasteiger charge is 2.34. The van der Waals surface area contributed by atoms with E-state index in [0.717, 1.165) is 6.42 Å². The third kappa shape index (κ3) is 3.56. The molecule has 0 amide bonds. The molecule has 0 heterocycles. The standard InChI is InChI=1S/C11H25NO2/c1-6-11(4,8-12)9(13)7-10(2,3)14-5/h9,13H,6-8,12H2,1-5H3. The number of aliphatic hydroxyl groups is 1. The number of hydrogen-bond donors (Lipinski definition) is 2. The van der Waals surface area contributed by atoms with Gasteiger partial charge in [-0.05, 0) is 20.3 Å². The summed E-state index contributed by atoms with van der Waals surface area (Å²) in [6.07, 6.45) is 1.09. The van der Waals surface area contributed by atoms with E-state index in [4.69, 9.17) is 10.5 Å². The second kappa shape index (κ2) is 5.10. The molecule has 0 aromatic heterocycles. The second-order valence-corrected chi connectivity index (χ2v) is 4.90. The molecule has 0 aliphatic heterocycles. The molecule has 2 atom stereocenters. The summed E-state index contributed by atoms with van der Waals surface area (Å²) in [7, 11) is 1.67. The fourth-order valence-corrected chi connectivity index (χ4v) is 1.31. The Kier molecular flexibility index (Phi) is 5.06. The van der Waals surface area contributed by atoms with Crippen LogP contribution in [-0.2, 0) is 4.74 Å². The number of rotatable bonds is 6. The van der Waals surface area contributed by atoms with Crippen LogP contribution in [0.25, 0.3) is 0 Å². The van der Waals surface area contributed by atoms with Crippen LogP contribution in [0.1, 0.15) is 40.5 Å². The quantitative estimate of drug-likeness (QED) is 0.688. The van der Waals surface area contributed by atoms with Gasteiger partial charge in [0.1, 0.15) is 0 Å². The Labute approximate surface area is 87.6 Å². The Morgan fingerprint density at radius 1 is 1.36 bits per heavy atom. The van der Waals surface area contributed by atoms with Gasteiger partial charge in [-0.25, -0.2) is 0 Å². The van der Waals surface area contributed by atoms with Crippen molar-refractivity contribution in [2.45, 2.75) is 52.2 Å². The highest BCUT2D eigenvalue weighted by molar-refractivity contribution is 4.86. The minimum absolute atomic E-state index is 0.199. The first-order valence-corrected chi connectivity index (χ1v) is 5.24. The minimum atomic E-state index is -0.410. The van der Waals surface area contributed by atoms with Crippen LogP contribution >= 0.6 is 0 Å². The fourth-order valence-electron chi connectivity index (χ4n) is 1.31. The van der Waals surface area contributed by atoms with Crippen LogP contribution in [0.15, 0.2) is 0 Å². The Morgan fingerprint density at radius 3 is 2.14 bits per heavy atom. The Bertz CT molecular complexity index is 165. The van der Waals surface area contributed by atoms with Gasteiger partial charge in [-0.3, -0.25) is 0 Å². The van der Waals surface area contributed by atoms with Crippen molar-refractivity contribution in [1.82, 2.24) is 0 Å². The van der Waals surface area contributed by atoms with Gasteiger partial charge in [-0.1, -0.05) is 13.8 Å². The van der Waals surface area contributed by atoms with Crippen LogP contribution in [0, 0.1) is 5.41 Å². The molecule has 0 aromatic rings. The summed E-state index contributed by atoms with van der Waals surface area (Å²) in [4.78, 5) is 0. The van der Waals surface area contributed by atoms with Crippen LogP contribution < -0.4 is 5.73 Å². The molecule has 3 heteroatoms. The average molecular weight is 203 g/mol. The molecule has 0 saturated carbocycles. The van der Waals surface area contributed by atoms with Gasteiger partial charge >= 0.3 is 0 Å². The zero-order valence-electron chi connectivity index (χ0n) is 10.1. The molecule has 0 fully saturated rings. The largest absolute Gasteiger partial charge is 0.392 e. The molecule has 0 rings (SSSR count). The maximum Gasteiger partial charge on any atom is 0.0647 e. The number of hydrogen-bond acceptors (Lipinski definition) is 3. The number of aliphatic hydroxyl groups excluding tert-OH is 1. The lowest BCUT2D eigenvalue weighted by molar-refractivity contribution is -0.0559. The highest BCUT2D eigenvalue weighted by atomic mass is 16.5. The van der Waals surface area contributed by atoms with Crippen LogP contribution in [-0.4, -0.2) is 30.5 Å². The van der Waals surface area contributed by atoms with Gasteiger partial charge in [-0.2, -0.15) is 0 Å². The van der Waals surface area contributed by atoms with Crippen LogP contribution in [0.4, 0.5) is 0 Å². The molecular weight excluding hydrogens is 178 g/mol. The van der Waals surface area contributed by atoms with E-state index in [2.05, 4.69) is 6.92 Å². The van der Waals surface area contributed by atoms with Crippen molar-refractivity contribution in [2.75, 3.05) is 13.7 Å². The van der Waals surface area contributed by atoms with Gasteiger partial charge in [0.15, 0.2) is 0 Å². The Hall–Kier alpha value is -0.120. The molecule has 0 bridgehead atoms. The Morgan fingerprint density at radius 2 is 1.86 bits per heavy atom. The van der Waals surface area contributed by atoms with E-state index >= 15 is 0 Å². The van der Waals surface area contributed by atoms with E-state index < -0.39 is 6.10 Å². The molecule has 0 saturated heterocycles. The molecule has 3 N–H and O–H groups in total. The normalized spacial score (nSPS) is 19.1. The molecule has 0 radical (unpaired) electrons.